The number of Topliss-reactive ketones (excluding diaryl/α,β-unsaturated/α-hetero) is 1. The first-order chi connectivity index (χ1) is 17.0. The number of rotatable bonds is 8. The lowest BCUT2D eigenvalue weighted by atomic mass is 9.94. The molecule has 0 bridgehead atoms. The van der Waals surface area contributed by atoms with Crippen LogP contribution in [0.1, 0.15) is 30.5 Å². The zero-order chi connectivity index (χ0) is 24.9. The molecular weight excluding hydrogens is 446 g/mol. The molecule has 35 heavy (non-hydrogen) atoms. The number of carbonyl (C=O) groups is 2. The van der Waals surface area contributed by atoms with Crippen LogP contribution < -0.4 is 19.1 Å². The maximum absolute atomic E-state index is 13.3. The Bertz CT molecular complexity index is 1250. The van der Waals surface area contributed by atoms with Crippen molar-refractivity contribution in [1.29, 1.82) is 0 Å². The molecule has 1 aliphatic heterocycles. The van der Waals surface area contributed by atoms with E-state index in [4.69, 9.17) is 14.2 Å². The number of hydrogen-bond donors (Lipinski definition) is 1. The summed E-state index contributed by atoms with van der Waals surface area (Å²) in [6.45, 7) is 2.60. The van der Waals surface area contributed by atoms with Crippen LogP contribution in [0.15, 0.2) is 78.4 Å². The van der Waals surface area contributed by atoms with Gasteiger partial charge in [-0.2, -0.15) is 0 Å². The minimum atomic E-state index is -0.853. The zero-order valence-corrected chi connectivity index (χ0v) is 19.9. The smallest absolute Gasteiger partial charge is 0.300 e. The monoisotopic (exact) mass is 473 g/mol. The molecule has 0 aromatic heterocycles. The van der Waals surface area contributed by atoms with Gasteiger partial charge in [0.25, 0.3) is 11.7 Å². The molecule has 180 valence electrons. The van der Waals surface area contributed by atoms with Gasteiger partial charge in [0.1, 0.15) is 23.0 Å². The topological polar surface area (TPSA) is 85.3 Å². The van der Waals surface area contributed by atoms with Gasteiger partial charge in [0.2, 0.25) is 0 Å². The van der Waals surface area contributed by atoms with E-state index in [1.54, 1.807) is 79.9 Å². The number of hydrogen-bond acceptors (Lipinski definition) is 6. The molecule has 4 rings (SSSR count). The molecule has 3 aromatic carbocycles. The fourth-order valence-corrected chi connectivity index (χ4v) is 4.11. The van der Waals surface area contributed by atoms with Gasteiger partial charge in [-0.05, 0) is 60.5 Å². The van der Waals surface area contributed by atoms with E-state index in [0.29, 0.717) is 40.7 Å². The maximum Gasteiger partial charge on any atom is 0.300 e. The second-order valence-electron chi connectivity index (χ2n) is 7.98. The summed E-state index contributed by atoms with van der Waals surface area (Å²) in [5, 5.41) is 11.3. The highest BCUT2D eigenvalue weighted by Crippen LogP contribution is 2.43. The number of aliphatic hydroxyl groups excluding tert-OH is 1. The van der Waals surface area contributed by atoms with Gasteiger partial charge in [0.05, 0.1) is 38.0 Å². The number of amides is 1. The Kier molecular flexibility index (Phi) is 7.06. The standard InChI is InChI=1S/C28H27NO6/c1-4-17-35-21-13-9-18(10-14-21)25-24(26(30)22-7-5-6-8-23(22)34-3)27(31)28(32)29(25)19-11-15-20(33-2)16-12-19/h5-16,25,30H,4,17H2,1-3H3/b26-24-. The first-order valence-electron chi connectivity index (χ1n) is 11.3. The zero-order valence-electron chi connectivity index (χ0n) is 19.9. The predicted molar refractivity (Wildman–Crippen MR) is 133 cm³/mol. The predicted octanol–water partition coefficient (Wildman–Crippen LogP) is 5.12. The van der Waals surface area contributed by atoms with E-state index in [2.05, 4.69) is 0 Å². The number of methoxy groups -OCH3 is 2. The molecule has 3 aromatic rings. The number of carbonyl (C=O) groups excluding carboxylic acids is 2. The summed E-state index contributed by atoms with van der Waals surface area (Å²) in [6.07, 6.45) is 0.873. The van der Waals surface area contributed by atoms with Crippen molar-refractivity contribution in [3.8, 4) is 17.2 Å². The highest BCUT2D eigenvalue weighted by molar-refractivity contribution is 6.51. The lowest BCUT2D eigenvalue weighted by Crippen LogP contribution is -2.29. The van der Waals surface area contributed by atoms with E-state index in [1.165, 1.54) is 12.0 Å². The van der Waals surface area contributed by atoms with Gasteiger partial charge >= 0.3 is 0 Å². The van der Waals surface area contributed by atoms with Crippen molar-refractivity contribution >= 4 is 23.1 Å². The van der Waals surface area contributed by atoms with Crippen LogP contribution in [0.3, 0.4) is 0 Å². The minimum Gasteiger partial charge on any atom is -0.507 e. The van der Waals surface area contributed by atoms with Crippen LogP contribution in [-0.4, -0.2) is 37.6 Å². The van der Waals surface area contributed by atoms with Crippen LogP contribution in [0.25, 0.3) is 5.76 Å². The number of aliphatic hydroxyl groups is 1. The van der Waals surface area contributed by atoms with Crippen LogP contribution in [-0.2, 0) is 9.59 Å². The van der Waals surface area contributed by atoms with Crippen molar-refractivity contribution in [2.75, 3.05) is 25.7 Å². The van der Waals surface area contributed by atoms with E-state index >= 15 is 0 Å². The molecule has 1 atom stereocenters. The molecule has 0 saturated carbocycles. The highest BCUT2D eigenvalue weighted by atomic mass is 16.5. The van der Waals surface area contributed by atoms with E-state index in [-0.39, 0.29) is 11.3 Å². The molecule has 1 saturated heterocycles. The van der Waals surface area contributed by atoms with Gasteiger partial charge in [-0.15, -0.1) is 0 Å². The number of anilines is 1. The van der Waals surface area contributed by atoms with Gasteiger partial charge in [-0.3, -0.25) is 14.5 Å². The van der Waals surface area contributed by atoms with Gasteiger partial charge in [0, 0.05) is 5.69 Å². The summed E-state index contributed by atoms with van der Waals surface area (Å²) in [4.78, 5) is 28.0. The molecule has 1 N–H and O–H groups in total. The lowest BCUT2D eigenvalue weighted by molar-refractivity contribution is -0.132. The maximum atomic E-state index is 13.3. The number of para-hydroxylation sites is 1. The van der Waals surface area contributed by atoms with E-state index in [1.807, 2.05) is 6.92 Å². The summed E-state index contributed by atoms with van der Waals surface area (Å²) >= 11 is 0. The summed E-state index contributed by atoms with van der Waals surface area (Å²) in [5.74, 6) is -0.116. The van der Waals surface area contributed by atoms with Crippen molar-refractivity contribution in [2.45, 2.75) is 19.4 Å². The second-order valence-corrected chi connectivity index (χ2v) is 7.98. The Labute approximate surface area is 204 Å². The Hall–Kier alpha value is -4.26. The summed E-state index contributed by atoms with van der Waals surface area (Å²) < 4.78 is 16.3. The van der Waals surface area contributed by atoms with Crippen LogP contribution in [0.4, 0.5) is 5.69 Å². The number of nitrogens with zero attached hydrogens (tertiary/aromatic N) is 1. The summed E-state index contributed by atoms with van der Waals surface area (Å²) in [6, 6.07) is 20.0. The Morgan fingerprint density at radius 1 is 0.886 bits per heavy atom. The van der Waals surface area contributed by atoms with Crippen molar-refractivity contribution in [3.05, 3.63) is 89.5 Å². The minimum absolute atomic E-state index is 0.0162. The average Bonchev–Trinajstić information content (AvgIpc) is 3.17. The van der Waals surface area contributed by atoms with Crippen LogP contribution >= 0.6 is 0 Å². The fraction of sp³-hybridized carbons (Fsp3) is 0.214. The van der Waals surface area contributed by atoms with E-state index in [0.717, 1.165) is 6.42 Å². The van der Waals surface area contributed by atoms with Crippen molar-refractivity contribution < 1.29 is 28.9 Å². The molecule has 0 spiro atoms. The molecule has 1 unspecified atom stereocenters. The van der Waals surface area contributed by atoms with Crippen LogP contribution in [0.2, 0.25) is 0 Å². The molecular formula is C28H27NO6. The summed E-state index contributed by atoms with van der Waals surface area (Å²) in [5.41, 5.74) is 1.47. The third-order valence-electron chi connectivity index (χ3n) is 5.83. The first-order valence-corrected chi connectivity index (χ1v) is 11.3. The third kappa shape index (κ3) is 4.57. The molecule has 1 aliphatic rings. The normalized spacial score (nSPS) is 16.9. The van der Waals surface area contributed by atoms with Gasteiger partial charge in [0.15, 0.2) is 0 Å². The van der Waals surface area contributed by atoms with Gasteiger partial charge in [-0.25, -0.2) is 0 Å². The quantitative estimate of drug-likeness (QED) is 0.278. The molecule has 1 heterocycles. The van der Waals surface area contributed by atoms with Gasteiger partial charge in [-0.1, -0.05) is 31.2 Å². The van der Waals surface area contributed by atoms with Crippen LogP contribution in [0, 0.1) is 0 Å². The first kappa shape index (κ1) is 23.9. The largest absolute Gasteiger partial charge is 0.507 e. The molecule has 0 radical (unpaired) electrons. The Balaban J connectivity index is 1.88. The van der Waals surface area contributed by atoms with Crippen molar-refractivity contribution in [3.63, 3.8) is 0 Å². The third-order valence-corrected chi connectivity index (χ3v) is 5.83. The van der Waals surface area contributed by atoms with E-state index in [9.17, 15) is 14.7 Å². The SMILES string of the molecule is CCCOc1ccc(C2/C(=C(/O)c3ccccc3OC)C(=O)C(=O)N2c2ccc(OC)cc2)cc1. The average molecular weight is 474 g/mol. The molecule has 7 nitrogen and oxygen atoms in total. The lowest BCUT2D eigenvalue weighted by Gasteiger charge is -2.26. The number of ether oxygens (including phenoxy) is 3. The molecule has 0 aliphatic carbocycles. The Morgan fingerprint density at radius 2 is 1.54 bits per heavy atom. The van der Waals surface area contributed by atoms with E-state index < -0.39 is 17.7 Å². The molecule has 7 heteroatoms. The van der Waals surface area contributed by atoms with Crippen LogP contribution in [0.5, 0.6) is 17.2 Å². The van der Waals surface area contributed by atoms with Crippen molar-refractivity contribution in [1.82, 2.24) is 0 Å². The molecule has 1 amide bonds. The van der Waals surface area contributed by atoms with Gasteiger partial charge < -0.3 is 19.3 Å². The molecule has 1 fully saturated rings. The summed E-state index contributed by atoms with van der Waals surface area (Å²) in [7, 11) is 3.03. The second kappa shape index (κ2) is 10.3. The number of benzene rings is 3. The highest BCUT2D eigenvalue weighted by Gasteiger charge is 2.47. The van der Waals surface area contributed by atoms with Crippen molar-refractivity contribution in [2.24, 2.45) is 0 Å². The fourth-order valence-electron chi connectivity index (χ4n) is 4.11. The Morgan fingerprint density at radius 3 is 2.17 bits per heavy atom. The number of ketones is 1.